The van der Waals surface area contributed by atoms with Crippen LogP contribution in [-0.4, -0.2) is 34.9 Å². The van der Waals surface area contributed by atoms with E-state index in [9.17, 15) is 14.9 Å². The monoisotopic (exact) mass is 381 g/mol. The number of nitro benzene ring substituents is 1. The van der Waals surface area contributed by atoms with Crippen LogP contribution in [-0.2, 0) is 11.3 Å². The van der Waals surface area contributed by atoms with Crippen molar-refractivity contribution in [1.29, 1.82) is 0 Å². The Hall–Kier alpha value is -2.73. The van der Waals surface area contributed by atoms with Crippen molar-refractivity contribution >= 4 is 17.3 Å². The second kappa shape index (κ2) is 8.97. The quantitative estimate of drug-likeness (QED) is 0.552. The third kappa shape index (κ3) is 4.75. The first-order valence-corrected chi connectivity index (χ1v) is 9.82. The highest BCUT2D eigenvalue weighted by Gasteiger charge is 2.28. The number of likely N-dealkylation sites (tertiary alicyclic amines) is 1. The number of nitrogens with zero attached hydrogens (tertiary/aromatic N) is 3. The van der Waals surface area contributed by atoms with Crippen molar-refractivity contribution in [1.82, 2.24) is 4.90 Å². The van der Waals surface area contributed by atoms with Crippen LogP contribution >= 0.6 is 0 Å². The van der Waals surface area contributed by atoms with Gasteiger partial charge in [0.1, 0.15) is 0 Å². The van der Waals surface area contributed by atoms with Crippen LogP contribution in [0.15, 0.2) is 48.5 Å². The van der Waals surface area contributed by atoms with Crippen molar-refractivity contribution < 1.29 is 9.72 Å². The third-order valence-corrected chi connectivity index (χ3v) is 5.30. The molecule has 1 amide bonds. The third-order valence-electron chi connectivity index (χ3n) is 5.30. The predicted octanol–water partition coefficient (Wildman–Crippen LogP) is 4.31. The first kappa shape index (κ1) is 20.0. The summed E-state index contributed by atoms with van der Waals surface area (Å²) in [6.07, 6.45) is 2.28. The number of rotatable bonds is 6. The molecule has 0 aromatic heterocycles. The number of benzene rings is 2. The van der Waals surface area contributed by atoms with E-state index < -0.39 is 0 Å². The van der Waals surface area contributed by atoms with Crippen LogP contribution in [0.1, 0.15) is 37.3 Å². The van der Waals surface area contributed by atoms with Crippen molar-refractivity contribution in [3.05, 3.63) is 69.8 Å². The Kier molecular flexibility index (Phi) is 6.41. The van der Waals surface area contributed by atoms with Gasteiger partial charge < -0.3 is 4.90 Å². The zero-order valence-corrected chi connectivity index (χ0v) is 16.5. The minimum absolute atomic E-state index is 0.131. The van der Waals surface area contributed by atoms with E-state index in [1.807, 2.05) is 43.0 Å². The molecule has 0 saturated carbocycles. The van der Waals surface area contributed by atoms with Gasteiger partial charge in [-0.3, -0.25) is 19.8 Å². The maximum atomic E-state index is 12.6. The largest absolute Gasteiger partial charge is 0.309 e. The molecule has 6 heteroatoms. The van der Waals surface area contributed by atoms with Crippen LogP contribution in [0.5, 0.6) is 0 Å². The SMILES string of the molecule is CCC(=O)N(c1cccc(C)c1)C1CCN(Cc2cccc([N+](=O)[O-])c2)CC1. The highest BCUT2D eigenvalue weighted by Crippen LogP contribution is 2.26. The number of carbonyl (C=O) groups is 1. The van der Waals surface area contributed by atoms with Crippen molar-refractivity contribution in [2.75, 3.05) is 18.0 Å². The molecule has 1 saturated heterocycles. The summed E-state index contributed by atoms with van der Waals surface area (Å²) in [5, 5.41) is 11.0. The molecule has 0 radical (unpaired) electrons. The van der Waals surface area contributed by atoms with Crippen LogP contribution in [0, 0.1) is 17.0 Å². The molecule has 1 aliphatic rings. The number of anilines is 1. The van der Waals surface area contributed by atoms with E-state index in [1.165, 1.54) is 6.07 Å². The lowest BCUT2D eigenvalue weighted by atomic mass is 10.0. The maximum Gasteiger partial charge on any atom is 0.269 e. The smallest absolute Gasteiger partial charge is 0.269 e. The van der Waals surface area contributed by atoms with E-state index in [4.69, 9.17) is 0 Å². The summed E-state index contributed by atoms with van der Waals surface area (Å²) in [4.78, 5) is 27.5. The van der Waals surface area contributed by atoms with E-state index in [2.05, 4.69) is 11.0 Å². The van der Waals surface area contributed by atoms with Gasteiger partial charge in [-0.05, 0) is 43.0 Å². The van der Waals surface area contributed by atoms with Gasteiger partial charge in [0.15, 0.2) is 0 Å². The number of amides is 1. The highest BCUT2D eigenvalue weighted by molar-refractivity contribution is 5.93. The summed E-state index contributed by atoms with van der Waals surface area (Å²) >= 11 is 0. The Balaban J connectivity index is 1.66. The Labute approximate surface area is 165 Å². The summed E-state index contributed by atoms with van der Waals surface area (Å²) in [5.41, 5.74) is 3.21. The molecular formula is C22H27N3O3. The van der Waals surface area contributed by atoms with E-state index in [0.717, 1.165) is 42.7 Å². The van der Waals surface area contributed by atoms with Crippen molar-refractivity contribution in [2.24, 2.45) is 0 Å². The Morgan fingerprint density at radius 3 is 2.54 bits per heavy atom. The van der Waals surface area contributed by atoms with Crippen LogP contribution < -0.4 is 4.90 Å². The van der Waals surface area contributed by atoms with Gasteiger partial charge in [-0.1, -0.05) is 31.2 Å². The molecule has 1 heterocycles. The molecule has 148 valence electrons. The molecule has 2 aromatic rings. The summed E-state index contributed by atoms with van der Waals surface area (Å²) in [6.45, 7) is 6.38. The zero-order valence-electron chi connectivity index (χ0n) is 16.5. The summed E-state index contributed by atoms with van der Waals surface area (Å²) in [7, 11) is 0. The first-order chi connectivity index (χ1) is 13.5. The maximum absolute atomic E-state index is 12.6. The van der Waals surface area contributed by atoms with Crippen LogP contribution in [0.2, 0.25) is 0 Å². The fourth-order valence-electron chi connectivity index (χ4n) is 3.87. The van der Waals surface area contributed by atoms with E-state index in [1.54, 1.807) is 12.1 Å². The fourth-order valence-corrected chi connectivity index (χ4v) is 3.87. The van der Waals surface area contributed by atoms with E-state index >= 15 is 0 Å². The molecule has 28 heavy (non-hydrogen) atoms. The normalized spacial score (nSPS) is 15.4. The molecule has 2 aromatic carbocycles. The topological polar surface area (TPSA) is 66.7 Å². The van der Waals surface area contributed by atoms with Crippen molar-refractivity contribution in [3.8, 4) is 0 Å². The van der Waals surface area contributed by atoms with Gasteiger partial charge in [0, 0.05) is 49.9 Å². The highest BCUT2D eigenvalue weighted by atomic mass is 16.6. The minimum Gasteiger partial charge on any atom is -0.309 e. The summed E-state index contributed by atoms with van der Waals surface area (Å²) in [5.74, 6) is 0.155. The number of hydrogen-bond donors (Lipinski definition) is 0. The second-order valence-electron chi connectivity index (χ2n) is 7.39. The molecule has 3 rings (SSSR count). The molecule has 0 N–H and O–H groups in total. The van der Waals surface area contributed by atoms with Gasteiger partial charge in [-0.15, -0.1) is 0 Å². The Morgan fingerprint density at radius 2 is 1.89 bits per heavy atom. The van der Waals surface area contributed by atoms with Gasteiger partial charge in [-0.2, -0.15) is 0 Å². The number of carbonyl (C=O) groups excluding carboxylic acids is 1. The van der Waals surface area contributed by atoms with Crippen LogP contribution in [0.4, 0.5) is 11.4 Å². The molecule has 1 fully saturated rings. The van der Waals surface area contributed by atoms with Crippen molar-refractivity contribution in [2.45, 2.75) is 45.7 Å². The number of aryl methyl sites for hydroxylation is 1. The van der Waals surface area contributed by atoms with E-state index in [-0.39, 0.29) is 22.6 Å². The second-order valence-corrected chi connectivity index (χ2v) is 7.39. The molecule has 1 aliphatic heterocycles. The lowest BCUT2D eigenvalue weighted by Gasteiger charge is -2.38. The van der Waals surface area contributed by atoms with Gasteiger partial charge in [0.05, 0.1) is 4.92 Å². The summed E-state index contributed by atoms with van der Waals surface area (Å²) in [6, 6.07) is 15.1. The predicted molar refractivity (Wildman–Crippen MR) is 110 cm³/mol. The van der Waals surface area contributed by atoms with Crippen LogP contribution in [0.25, 0.3) is 0 Å². The minimum atomic E-state index is -0.355. The van der Waals surface area contributed by atoms with E-state index in [0.29, 0.717) is 13.0 Å². The summed E-state index contributed by atoms with van der Waals surface area (Å²) < 4.78 is 0. The standard InChI is InChI=1S/C22H27N3O3/c1-3-22(26)24(20-8-4-6-17(2)14-20)19-10-12-23(13-11-19)16-18-7-5-9-21(15-18)25(27)28/h4-9,14-15,19H,3,10-13,16H2,1-2H3. The average molecular weight is 381 g/mol. The zero-order chi connectivity index (χ0) is 20.1. The Morgan fingerprint density at radius 1 is 1.18 bits per heavy atom. The number of nitro groups is 1. The number of hydrogen-bond acceptors (Lipinski definition) is 4. The number of non-ortho nitro benzene ring substituents is 1. The van der Waals surface area contributed by atoms with Crippen LogP contribution in [0.3, 0.4) is 0 Å². The molecule has 0 bridgehead atoms. The molecule has 0 aliphatic carbocycles. The van der Waals surface area contributed by atoms with Gasteiger partial charge in [0.25, 0.3) is 5.69 Å². The lowest BCUT2D eigenvalue weighted by Crippen LogP contribution is -2.47. The fraction of sp³-hybridized carbons (Fsp3) is 0.409. The average Bonchev–Trinajstić information content (AvgIpc) is 2.69. The molecule has 0 spiro atoms. The van der Waals surface area contributed by atoms with Gasteiger partial charge in [0.2, 0.25) is 5.91 Å². The number of piperidine rings is 1. The van der Waals surface area contributed by atoms with Gasteiger partial charge >= 0.3 is 0 Å². The lowest BCUT2D eigenvalue weighted by molar-refractivity contribution is -0.384. The Bertz CT molecular complexity index is 844. The molecule has 6 nitrogen and oxygen atoms in total. The molecular weight excluding hydrogens is 354 g/mol. The van der Waals surface area contributed by atoms with Crippen molar-refractivity contribution in [3.63, 3.8) is 0 Å². The first-order valence-electron chi connectivity index (χ1n) is 9.82. The molecule has 0 unspecified atom stereocenters. The van der Waals surface area contributed by atoms with Gasteiger partial charge in [-0.25, -0.2) is 0 Å². The molecule has 0 atom stereocenters.